The van der Waals surface area contributed by atoms with E-state index >= 15 is 0 Å². The van der Waals surface area contributed by atoms with Crippen molar-refractivity contribution in [2.45, 2.75) is 11.8 Å². The number of hydrogen-bond acceptors (Lipinski definition) is 5. The summed E-state index contributed by atoms with van der Waals surface area (Å²) in [6, 6.07) is 10.9. The molecule has 26 heavy (non-hydrogen) atoms. The fourth-order valence-electron chi connectivity index (χ4n) is 1.51. The van der Waals surface area contributed by atoms with Crippen molar-refractivity contribution in [2.75, 3.05) is 0 Å². The molecule has 8 nitrogen and oxygen atoms in total. The van der Waals surface area contributed by atoms with E-state index in [4.69, 9.17) is 38.4 Å². The van der Waals surface area contributed by atoms with Crippen molar-refractivity contribution in [1.29, 1.82) is 5.41 Å². The first kappa shape index (κ1) is 21.9. The predicted octanol–water partition coefficient (Wildman–Crippen LogP) is 3.07. The molecule has 0 aliphatic rings. The van der Waals surface area contributed by atoms with Gasteiger partial charge in [0.15, 0.2) is 0 Å². The second kappa shape index (κ2) is 10.1. The first-order chi connectivity index (χ1) is 12.1. The summed E-state index contributed by atoms with van der Waals surface area (Å²) in [5.74, 6) is -0.337. The topological polar surface area (TPSA) is 135 Å². The van der Waals surface area contributed by atoms with Gasteiger partial charge in [-0.05, 0) is 31.2 Å². The lowest BCUT2D eigenvalue weighted by Crippen LogP contribution is -2.30. The summed E-state index contributed by atoms with van der Waals surface area (Å²) in [5, 5.41) is 19.9. The fraction of sp³-hybridized carbons (Fsp3) is 0.0667. The lowest BCUT2D eigenvalue weighted by atomic mass is 10.2. The summed E-state index contributed by atoms with van der Waals surface area (Å²) < 4.78 is 29.6. The second-order valence-electron chi connectivity index (χ2n) is 4.81. The van der Waals surface area contributed by atoms with Gasteiger partial charge in [0.1, 0.15) is 0 Å². The maximum atomic E-state index is 10.5. The highest BCUT2D eigenvalue weighted by atomic mass is 35.5. The highest BCUT2D eigenvalue weighted by Crippen LogP contribution is 2.19. The molecule has 2 rings (SSSR count). The molecule has 0 saturated heterocycles. The summed E-state index contributed by atoms with van der Waals surface area (Å²) in [6.45, 7) is 1.84. The summed E-state index contributed by atoms with van der Waals surface area (Å²) in [5.41, 5.74) is 5.41. The van der Waals surface area contributed by atoms with Gasteiger partial charge >= 0.3 is 0 Å². The summed E-state index contributed by atoms with van der Waals surface area (Å²) in [6.07, 6.45) is 1.41. The van der Waals surface area contributed by atoms with Crippen molar-refractivity contribution >= 4 is 45.5 Å². The minimum Gasteiger partial charge on any atom is -0.288 e. The monoisotopic (exact) mass is 418 g/mol. The summed E-state index contributed by atoms with van der Waals surface area (Å²) in [4.78, 5) is -0.0666. The Labute approximate surface area is 160 Å². The van der Waals surface area contributed by atoms with Crippen LogP contribution in [0.1, 0.15) is 11.1 Å². The Morgan fingerprint density at radius 1 is 1.19 bits per heavy atom. The van der Waals surface area contributed by atoms with Crippen molar-refractivity contribution in [3.8, 4) is 0 Å². The molecule has 0 radical (unpaired) electrons. The number of rotatable bonds is 3. The molecule has 0 spiro atoms. The molecule has 140 valence electrons. The van der Waals surface area contributed by atoms with Gasteiger partial charge in [-0.25, -0.2) is 10.9 Å². The average Bonchev–Trinajstić information content (AvgIpc) is 2.57. The number of nitrogens with one attached hydrogen (secondary N) is 3. The van der Waals surface area contributed by atoms with E-state index in [0.717, 1.165) is 5.56 Å². The molecule has 0 fully saturated rings. The van der Waals surface area contributed by atoms with Crippen molar-refractivity contribution in [2.24, 2.45) is 5.10 Å². The smallest absolute Gasteiger partial charge is 0.288 e. The van der Waals surface area contributed by atoms with Crippen LogP contribution in [0, 0.1) is 12.3 Å². The van der Waals surface area contributed by atoms with Crippen LogP contribution in [0.15, 0.2) is 52.5 Å². The molecule has 5 N–H and O–H groups in total. The number of aryl methyl sites for hydroxylation is 1. The van der Waals surface area contributed by atoms with E-state index in [9.17, 15) is 8.42 Å². The third kappa shape index (κ3) is 7.81. The van der Waals surface area contributed by atoms with Crippen LogP contribution < -0.4 is 10.9 Å². The highest BCUT2D eigenvalue weighted by Gasteiger charge is 2.06. The van der Waals surface area contributed by atoms with E-state index in [-0.39, 0.29) is 10.9 Å². The van der Waals surface area contributed by atoms with E-state index in [0.29, 0.717) is 15.6 Å². The summed E-state index contributed by atoms with van der Waals surface area (Å²) in [7, 11) is -4.02. The molecule has 2 aromatic rings. The molecule has 0 unspecified atom stereocenters. The Morgan fingerprint density at radius 3 is 2.31 bits per heavy atom. The minimum atomic E-state index is -4.02. The standard InChI is InChI=1S/C8H8Cl2N4O.C7H8O3S/c9-6-2-1-5(7(10)3-6)4-12-13-8(11)14-15;1-6-2-4-7(5-3-6)11(8,9)10/h1-4,15H,(H3,11,13,14);2-5H,1H3,(H,8,9,10). The SMILES string of the molecule is Cc1ccc(S(=O)(=O)O)cc1.N=C(NO)NN=Cc1ccc(Cl)cc1Cl. The van der Waals surface area contributed by atoms with Crippen LogP contribution in [0.5, 0.6) is 0 Å². The number of halogens is 2. The Hall–Kier alpha value is -2.17. The van der Waals surface area contributed by atoms with Gasteiger partial charge in [0.2, 0.25) is 5.96 Å². The minimum absolute atomic E-state index is 0.0666. The maximum Gasteiger partial charge on any atom is 0.294 e. The Balaban J connectivity index is 0.000000273. The van der Waals surface area contributed by atoms with Crippen LogP contribution in [0.3, 0.4) is 0 Å². The van der Waals surface area contributed by atoms with Gasteiger partial charge in [0.25, 0.3) is 10.1 Å². The Bertz CT molecular complexity index is 887. The zero-order chi connectivity index (χ0) is 19.7. The van der Waals surface area contributed by atoms with E-state index in [1.807, 2.05) is 6.92 Å². The summed E-state index contributed by atoms with van der Waals surface area (Å²) >= 11 is 11.6. The molecule has 0 heterocycles. The zero-order valence-corrected chi connectivity index (χ0v) is 15.8. The molecule has 2 aromatic carbocycles. The third-order valence-corrected chi connectivity index (χ3v) is 4.20. The first-order valence-corrected chi connectivity index (χ1v) is 9.10. The van der Waals surface area contributed by atoms with Crippen molar-refractivity contribution in [3.05, 3.63) is 63.6 Å². The highest BCUT2D eigenvalue weighted by molar-refractivity contribution is 7.85. The van der Waals surface area contributed by atoms with Crippen LogP contribution >= 0.6 is 23.2 Å². The predicted molar refractivity (Wildman–Crippen MR) is 101 cm³/mol. The quantitative estimate of drug-likeness (QED) is 0.225. The zero-order valence-electron chi connectivity index (χ0n) is 13.4. The van der Waals surface area contributed by atoms with E-state index in [2.05, 4.69) is 10.5 Å². The van der Waals surface area contributed by atoms with Crippen LogP contribution in [0.4, 0.5) is 0 Å². The number of hydroxylamine groups is 1. The van der Waals surface area contributed by atoms with Crippen LogP contribution in [-0.2, 0) is 10.1 Å². The molecule has 0 atom stereocenters. The molecule has 11 heteroatoms. The van der Waals surface area contributed by atoms with Gasteiger partial charge < -0.3 is 0 Å². The first-order valence-electron chi connectivity index (χ1n) is 6.90. The van der Waals surface area contributed by atoms with E-state index in [1.54, 1.807) is 35.8 Å². The average molecular weight is 419 g/mol. The Kier molecular flexibility index (Phi) is 8.49. The molecule has 0 aliphatic carbocycles. The third-order valence-electron chi connectivity index (χ3n) is 2.77. The number of hydrazone groups is 1. The van der Waals surface area contributed by atoms with Gasteiger partial charge in [-0.1, -0.05) is 47.0 Å². The molecule has 0 amide bonds. The normalized spacial score (nSPS) is 10.8. The lowest BCUT2D eigenvalue weighted by molar-refractivity contribution is 0.228. The van der Waals surface area contributed by atoms with Crippen molar-refractivity contribution in [3.63, 3.8) is 0 Å². The molecular formula is C15H16Cl2N4O4S. The Morgan fingerprint density at radius 2 is 1.81 bits per heavy atom. The van der Waals surface area contributed by atoms with Crippen LogP contribution in [0.2, 0.25) is 10.0 Å². The molecule has 0 saturated carbocycles. The number of nitrogens with zero attached hydrogens (tertiary/aromatic N) is 1. The van der Waals surface area contributed by atoms with Crippen LogP contribution in [-0.4, -0.2) is 30.4 Å². The van der Waals surface area contributed by atoms with Gasteiger partial charge in [-0.15, -0.1) is 0 Å². The number of hydrogen-bond donors (Lipinski definition) is 5. The molecule has 0 aromatic heterocycles. The maximum absolute atomic E-state index is 10.5. The van der Waals surface area contributed by atoms with Gasteiger partial charge in [-0.2, -0.15) is 13.5 Å². The fourth-order valence-corrected chi connectivity index (χ4v) is 2.45. The van der Waals surface area contributed by atoms with Crippen molar-refractivity contribution < 1.29 is 18.2 Å². The molecule has 0 bridgehead atoms. The molecular weight excluding hydrogens is 403 g/mol. The molecule has 0 aliphatic heterocycles. The van der Waals surface area contributed by atoms with Gasteiger partial charge in [0.05, 0.1) is 16.1 Å². The lowest BCUT2D eigenvalue weighted by Gasteiger charge is -2.00. The van der Waals surface area contributed by atoms with Crippen molar-refractivity contribution in [1.82, 2.24) is 10.9 Å². The van der Waals surface area contributed by atoms with E-state index < -0.39 is 10.1 Å². The van der Waals surface area contributed by atoms with Gasteiger partial charge in [-0.3, -0.25) is 15.2 Å². The number of guanidine groups is 1. The van der Waals surface area contributed by atoms with Gasteiger partial charge in [0, 0.05) is 10.6 Å². The second-order valence-corrected chi connectivity index (χ2v) is 7.08. The van der Waals surface area contributed by atoms with Crippen LogP contribution in [0.25, 0.3) is 0 Å². The number of benzene rings is 2. The van der Waals surface area contributed by atoms with E-state index in [1.165, 1.54) is 18.3 Å². The largest absolute Gasteiger partial charge is 0.294 e.